The van der Waals surface area contributed by atoms with Crippen LogP contribution in [-0.2, 0) is 4.79 Å². The Bertz CT molecular complexity index is 450. The van der Waals surface area contributed by atoms with Crippen LogP contribution in [0.15, 0.2) is 22.7 Å². The highest BCUT2D eigenvalue weighted by atomic mass is 79.9. The third-order valence-corrected chi connectivity index (χ3v) is 4.71. The number of carbonyl (C=O) groups is 1. The molecule has 0 heterocycles. The van der Waals surface area contributed by atoms with Gasteiger partial charge in [0.1, 0.15) is 0 Å². The van der Waals surface area contributed by atoms with Crippen LogP contribution in [-0.4, -0.2) is 12.5 Å². The van der Waals surface area contributed by atoms with E-state index >= 15 is 0 Å². The highest BCUT2D eigenvalue weighted by Crippen LogP contribution is 2.43. The Labute approximate surface area is 116 Å². The largest absolute Gasteiger partial charge is 0.330 e. The van der Waals surface area contributed by atoms with Crippen molar-refractivity contribution >= 4 is 27.5 Å². The molecule has 1 aromatic rings. The van der Waals surface area contributed by atoms with Crippen molar-refractivity contribution in [1.29, 1.82) is 0 Å². The molecular formula is C14H19BrN2O. The van der Waals surface area contributed by atoms with Gasteiger partial charge in [-0.2, -0.15) is 0 Å². The number of hydrogen-bond acceptors (Lipinski definition) is 2. The van der Waals surface area contributed by atoms with Gasteiger partial charge in [-0.25, -0.2) is 0 Å². The molecular weight excluding hydrogens is 292 g/mol. The minimum absolute atomic E-state index is 0.0640. The van der Waals surface area contributed by atoms with E-state index in [2.05, 4.69) is 21.2 Å². The molecule has 3 nitrogen and oxygen atoms in total. The summed E-state index contributed by atoms with van der Waals surface area (Å²) in [6.45, 7) is 2.62. The van der Waals surface area contributed by atoms with Gasteiger partial charge in [0, 0.05) is 16.6 Å². The second-order valence-electron chi connectivity index (χ2n) is 5.25. The van der Waals surface area contributed by atoms with Crippen LogP contribution in [0.4, 0.5) is 5.69 Å². The number of carbonyl (C=O) groups excluding carboxylic acids is 1. The average Bonchev–Trinajstić information content (AvgIpc) is 2.29. The number of rotatable bonds is 4. The van der Waals surface area contributed by atoms with Crippen LogP contribution < -0.4 is 11.1 Å². The SMILES string of the molecule is Cc1cc(NC(=O)CC2(CN)CCC2)ccc1Br. The molecule has 1 saturated carbocycles. The van der Waals surface area contributed by atoms with E-state index in [-0.39, 0.29) is 11.3 Å². The summed E-state index contributed by atoms with van der Waals surface area (Å²) < 4.78 is 1.05. The number of aryl methyl sites for hydroxylation is 1. The van der Waals surface area contributed by atoms with Crippen molar-refractivity contribution < 1.29 is 4.79 Å². The zero-order chi connectivity index (χ0) is 13.2. The molecule has 0 saturated heterocycles. The van der Waals surface area contributed by atoms with E-state index in [0.717, 1.165) is 28.6 Å². The quantitative estimate of drug-likeness (QED) is 0.897. The fraction of sp³-hybridized carbons (Fsp3) is 0.500. The first-order valence-electron chi connectivity index (χ1n) is 6.31. The monoisotopic (exact) mass is 310 g/mol. The number of halogens is 1. The summed E-state index contributed by atoms with van der Waals surface area (Å²) in [5, 5.41) is 2.95. The molecule has 0 spiro atoms. The van der Waals surface area contributed by atoms with Crippen molar-refractivity contribution in [1.82, 2.24) is 0 Å². The van der Waals surface area contributed by atoms with Gasteiger partial charge in [0.15, 0.2) is 0 Å². The van der Waals surface area contributed by atoms with Crippen molar-refractivity contribution in [3.05, 3.63) is 28.2 Å². The summed E-state index contributed by atoms with van der Waals surface area (Å²) in [7, 11) is 0. The average molecular weight is 311 g/mol. The van der Waals surface area contributed by atoms with Crippen LogP contribution in [0.3, 0.4) is 0 Å². The topological polar surface area (TPSA) is 55.1 Å². The van der Waals surface area contributed by atoms with Gasteiger partial charge in [-0.3, -0.25) is 4.79 Å². The second kappa shape index (κ2) is 5.41. The molecule has 2 rings (SSSR count). The summed E-state index contributed by atoms with van der Waals surface area (Å²) in [6.07, 6.45) is 3.90. The Hall–Kier alpha value is -0.870. The van der Waals surface area contributed by atoms with Gasteiger partial charge < -0.3 is 11.1 Å². The van der Waals surface area contributed by atoms with E-state index in [1.54, 1.807) is 0 Å². The number of amides is 1. The second-order valence-corrected chi connectivity index (χ2v) is 6.10. The molecule has 1 fully saturated rings. The maximum Gasteiger partial charge on any atom is 0.224 e. The minimum Gasteiger partial charge on any atom is -0.330 e. The zero-order valence-corrected chi connectivity index (χ0v) is 12.2. The van der Waals surface area contributed by atoms with Gasteiger partial charge in [0.25, 0.3) is 0 Å². The molecule has 98 valence electrons. The van der Waals surface area contributed by atoms with Gasteiger partial charge in [-0.15, -0.1) is 0 Å². The number of hydrogen-bond donors (Lipinski definition) is 2. The Morgan fingerprint density at radius 3 is 2.72 bits per heavy atom. The number of nitrogens with two attached hydrogens (primary N) is 1. The molecule has 0 radical (unpaired) electrons. The third kappa shape index (κ3) is 2.93. The Kier molecular flexibility index (Phi) is 4.07. The van der Waals surface area contributed by atoms with Crippen LogP contribution in [0.2, 0.25) is 0 Å². The van der Waals surface area contributed by atoms with Crippen LogP contribution >= 0.6 is 15.9 Å². The summed E-state index contributed by atoms with van der Waals surface area (Å²) in [5.41, 5.74) is 7.80. The molecule has 3 N–H and O–H groups in total. The van der Waals surface area contributed by atoms with Crippen molar-refractivity contribution in [2.75, 3.05) is 11.9 Å². The van der Waals surface area contributed by atoms with Gasteiger partial charge >= 0.3 is 0 Å². The lowest BCUT2D eigenvalue weighted by Gasteiger charge is -2.40. The molecule has 0 aromatic heterocycles. The fourth-order valence-electron chi connectivity index (χ4n) is 2.40. The maximum absolute atomic E-state index is 12.0. The highest BCUT2D eigenvalue weighted by molar-refractivity contribution is 9.10. The molecule has 1 aliphatic rings. The van der Waals surface area contributed by atoms with E-state index in [0.29, 0.717) is 13.0 Å². The first kappa shape index (κ1) is 13.6. The smallest absolute Gasteiger partial charge is 0.224 e. The number of nitrogens with one attached hydrogen (secondary N) is 1. The van der Waals surface area contributed by atoms with E-state index in [1.807, 2.05) is 25.1 Å². The van der Waals surface area contributed by atoms with Gasteiger partial charge in [-0.05, 0) is 55.5 Å². The van der Waals surface area contributed by atoms with E-state index in [1.165, 1.54) is 6.42 Å². The fourth-order valence-corrected chi connectivity index (χ4v) is 2.64. The normalized spacial score (nSPS) is 17.1. The molecule has 4 heteroatoms. The summed E-state index contributed by atoms with van der Waals surface area (Å²) in [4.78, 5) is 12.0. The van der Waals surface area contributed by atoms with Gasteiger partial charge in [0.2, 0.25) is 5.91 Å². The molecule has 1 aliphatic carbocycles. The first-order chi connectivity index (χ1) is 8.54. The van der Waals surface area contributed by atoms with Crippen molar-refractivity contribution in [3.8, 4) is 0 Å². The Morgan fingerprint density at radius 2 is 2.22 bits per heavy atom. The summed E-state index contributed by atoms with van der Waals surface area (Å²) in [6, 6.07) is 5.83. The number of anilines is 1. The van der Waals surface area contributed by atoms with Crippen LogP contribution in [0.25, 0.3) is 0 Å². The number of benzene rings is 1. The maximum atomic E-state index is 12.0. The standard InChI is InChI=1S/C14H19BrN2O/c1-10-7-11(3-4-12(10)15)17-13(18)8-14(9-16)5-2-6-14/h3-4,7H,2,5-6,8-9,16H2,1H3,(H,17,18). The Morgan fingerprint density at radius 1 is 1.50 bits per heavy atom. The molecule has 18 heavy (non-hydrogen) atoms. The highest BCUT2D eigenvalue weighted by Gasteiger charge is 2.37. The van der Waals surface area contributed by atoms with E-state index in [9.17, 15) is 4.79 Å². The van der Waals surface area contributed by atoms with Crippen molar-refractivity contribution in [2.24, 2.45) is 11.1 Å². The van der Waals surface area contributed by atoms with Gasteiger partial charge in [0.05, 0.1) is 0 Å². The molecule has 0 aliphatic heterocycles. The van der Waals surface area contributed by atoms with Crippen LogP contribution in [0, 0.1) is 12.3 Å². The predicted molar refractivity (Wildman–Crippen MR) is 77.5 cm³/mol. The van der Waals surface area contributed by atoms with Crippen LogP contribution in [0.5, 0.6) is 0 Å². The third-order valence-electron chi connectivity index (χ3n) is 3.82. The van der Waals surface area contributed by atoms with E-state index < -0.39 is 0 Å². The lowest BCUT2D eigenvalue weighted by atomic mass is 9.66. The van der Waals surface area contributed by atoms with E-state index in [4.69, 9.17) is 5.73 Å². The summed E-state index contributed by atoms with van der Waals surface area (Å²) >= 11 is 3.45. The molecule has 0 unspecified atom stereocenters. The molecule has 0 bridgehead atoms. The van der Waals surface area contributed by atoms with Gasteiger partial charge in [-0.1, -0.05) is 22.4 Å². The lowest BCUT2D eigenvalue weighted by Crippen LogP contribution is -2.40. The summed E-state index contributed by atoms with van der Waals surface area (Å²) in [5.74, 6) is 0.0712. The van der Waals surface area contributed by atoms with Crippen molar-refractivity contribution in [3.63, 3.8) is 0 Å². The molecule has 1 aromatic carbocycles. The minimum atomic E-state index is 0.0640. The predicted octanol–water partition coefficient (Wildman–Crippen LogP) is 3.22. The zero-order valence-electron chi connectivity index (χ0n) is 10.6. The Balaban J connectivity index is 1.96. The molecule has 1 amide bonds. The van der Waals surface area contributed by atoms with Crippen molar-refractivity contribution in [2.45, 2.75) is 32.6 Å². The van der Waals surface area contributed by atoms with Crippen LogP contribution in [0.1, 0.15) is 31.2 Å². The lowest BCUT2D eigenvalue weighted by molar-refractivity contribution is -0.119. The first-order valence-corrected chi connectivity index (χ1v) is 7.10. The molecule has 0 atom stereocenters.